The zero-order valence-electron chi connectivity index (χ0n) is 19.5. The summed E-state index contributed by atoms with van der Waals surface area (Å²) in [6.07, 6.45) is 7.58. The van der Waals surface area contributed by atoms with Crippen LogP contribution in [0.4, 0.5) is 10.5 Å². The van der Waals surface area contributed by atoms with Gasteiger partial charge in [-0.25, -0.2) is 9.79 Å². The van der Waals surface area contributed by atoms with Gasteiger partial charge in [-0.3, -0.25) is 0 Å². The monoisotopic (exact) mass is 459 g/mol. The van der Waals surface area contributed by atoms with Gasteiger partial charge in [0.15, 0.2) is 5.96 Å². The van der Waals surface area contributed by atoms with Crippen LogP contribution >= 0.6 is 0 Å². The van der Waals surface area contributed by atoms with Crippen LogP contribution in [0.3, 0.4) is 0 Å². The Bertz CT molecular complexity index is 1060. The van der Waals surface area contributed by atoms with Crippen molar-refractivity contribution in [3.63, 3.8) is 0 Å². The van der Waals surface area contributed by atoms with Gasteiger partial charge in [0.2, 0.25) is 0 Å². The van der Waals surface area contributed by atoms with Gasteiger partial charge < -0.3 is 26.0 Å². The number of guanidine groups is 1. The first kappa shape index (κ1) is 21.3. The van der Waals surface area contributed by atoms with Gasteiger partial charge in [-0.05, 0) is 86.6 Å². The SMILES string of the molecule is NC1=Nc2ccc(Oc3ccccc3)cc2CN1CCNC(=O)NC12CC3CC(CC(C3)C1)C2. The van der Waals surface area contributed by atoms with Crippen LogP contribution in [0.5, 0.6) is 11.5 Å². The highest BCUT2D eigenvalue weighted by molar-refractivity contribution is 5.83. The summed E-state index contributed by atoms with van der Waals surface area (Å²) in [6.45, 7) is 1.76. The predicted octanol–water partition coefficient (Wildman–Crippen LogP) is 4.51. The minimum Gasteiger partial charge on any atom is -0.457 e. The molecule has 4 saturated carbocycles. The van der Waals surface area contributed by atoms with Crippen LogP contribution in [0.25, 0.3) is 0 Å². The molecular formula is C27H33N5O2. The summed E-state index contributed by atoms with van der Waals surface area (Å²) in [5.41, 5.74) is 8.17. The van der Waals surface area contributed by atoms with Crippen molar-refractivity contribution in [3.05, 3.63) is 54.1 Å². The highest BCUT2D eigenvalue weighted by Gasteiger charge is 2.51. The van der Waals surface area contributed by atoms with E-state index in [1.807, 2.05) is 53.4 Å². The Morgan fingerprint density at radius 3 is 2.44 bits per heavy atom. The number of urea groups is 1. The number of nitrogens with one attached hydrogen (secondary N) is 2. The van der Waals surface area contributed by atoms with E-state index >= 15 is 0 Å². The molecule has 0 unspecified atom stereocenters. The molecule has 2 amide bonds. The molecule has 7 rings (SSSR count). The molecule has 178 valence electrons. The van der Waals surface area contributed by atoms with Crippen molar-refractivity contribution in [2.24, 2.45) is 28.5 Å². The Morgan fingerprint density at radius 2 is 1.74 bits per heavy atom. The molecule has 0 radical (unpaired) electrons. The van der Waals surface area contributed by atoms with Gasteiger partial charge in [0.1, 0.15) is 11.5 Å². The van der Waals surface area contributed by atoms with Crippen LogP contribution in [0.2, 0.25) is 0 Å². The number of nitrogens with two attached hydrogens (primary N) is 1. The second kappa shape index (κ2) is 8.53. The number of amides is 2. The highest BCUT2D eigenvalue weighted by atomic mass is 16.5. The Hall–Kier alpha value is -3.22. The number of fused-ring (bicyclic) bond motifs is 1. The van der Waals surface area contributed by atoms with Gasteiger partial charge in [0.05, 0.1) is 5.69 Å². The molecule has 4 N–H and O–H groups in total. The number of rotatable bonds is 6. The number of para-hydroxylation sites is 1. The third-order valence-corrected chi connectivity index (χ3v) is 8.03. The minimum atomic E-state index is -0.0478. The largest absolute Gasteiger partial charge is 0.457 e. The van der Waals surface area contributed by atoms with Crippen LogP contribution in [0, 0.1) is 17.8 Å². The fourth-order valence-corrected chi connectivity index (χ4v) is 7.01. The molecule has 4 aliphatic carbocycles. The summed E-state index contributed by atoms with van der Waals surface area (Å²) < 4.78 is 5.97. The van der Waals surface area contributed by atoms with Crippen LogP contribution < -0.4 is 21.1 Å². The minimum absolute atomic E-state index is 0.0263. The third-order valence-electron chi connectivity index (χ3n) is 8.03. The summed E-state index contributed by atoms with van der Waals surface area (Å²) in [5, 5.41) is 6.44. The van der Waals surface area contributed by atoms with E-state index in [0.29, 0.717) is 25.6 Å². The van der Waals surface area contributed by atoms with Crippen LogP contribution in [-0.2, 0) is 6.54 Å². The Morgan fingerprint density at radius 1 is 1.03 bits per heavy atom. The first-order valence-corrected chi connectivity index (χ1v) is 12.5. The van der Waals surface area contributed by atoms with Crippen molar-refractivity contribution in [3.8, 4) is 11.5 Å². The van der Waals surface area contributed by atoms with E-state index in [1.54, 1.807) is 0 Å². The average molecular weight is 460 g/mol. The first-order chi connectivity index (χ1) is 16.5. The molecule has 0 saturated heterocycles. The Kier molecular flexibility index (Phi) is 5.35. The van der Waals surface area contributed by atoms with Gasteiger partial charge in [-0.1, -0.05) is 18.2 Å². The molecule has 0 aromatic heterocycles. The molecule has 34 heavy (non-hydrogen) atoms. The maximum Gasteiger partial charge on any atom is 0.315 e. The molecule has 0 atom stereocenters. The third kappa shape index (κ3) is 4.31. The summed E-state index contributed by atoms with van der Waals surface area (Å²) in [5.74, 6) is 4.48. The quantitative estimate of drug-likeness (QED) is 0.593. The zero-order chi connectivity index (χ0) is 23.1. The molecular weight excluding hydrogens is 426 g/mol. The Balaban J connectivity index is 1.03. The van der Waals surface area contributed by atoms with Crippen molar-refractivity contribution in [1.82, 2.24) is 15.5 Å². The fourth-order valence-electron chi connectivity index (χ4n) is 7.01. The van der Waals surface area contributed by atoms with Crippen LogP contribution in [-0.4, -0.2) is 35.5 Å². The zero-order valence-corrected chi connectivity index (χ0v) is 19.5. The van der Waals surface area contributed by atoms with Crippen LogP contribution in [0.15, 0.2) is 53.5 Å². The van der Waals surface area contributed by atoms with Crippen LogP contribution in [0.1, 0.15) is 44.1 Å². The number of carbonyl (C=O) groups is 1. The Labute approximate surface area is 200 Å². The molecule has 5 aliphatic rings. The van der Waals surface area contributed by atoms with E-state index in [0.717, 1.165) is 59.8 Å². The number of nitrogens with zero attached hydrogens (tertiary/aromatic N) is 2. The first-order valence-electron chi connectivity index (χ1n) is 12.5. The lowest BCUT2D eigenvalue weighted by molar-refractivity contribution is -0.0135. The molecule has 4 fully saturated rings. The number of carbonyl (C=O) groups excluding carboxylic acids is 1. The summed E-state index contributed by atoms with van der Waals surface area (Å²) in [4.78, 5) is 19.3. The summed E-state index contributed by atoms with van der Waals surface area (Å²) in [6, 6.07) is 15.5. The van der Waals surface area contributed by atoms with E-state index in [9.17, 15) is 4.79 Å². The molecule has 1 aliphatic heterocycles. The highest BCUT2D eigenvalue weighted by Crippen LogP contribution is 2.55. The molecule has 0 spiro atoms. The van der Waals surface area contributed by atoms with E-state index in [-0.39, 0.29) is 11.6 Å². The van der Waals surface area contributed by atoms with Gasteiger partial charge in [0, 0.05) is 30.7 Å². The van der Waals surface area contributed by atoms with Crippen molar-refractivity contribution < 1.29 is 9.53 Å². The number of aliphatic imine (C=N–C) groups is 1. The second-order valence-electron chi connectivity index (χ2n) is 10.7. The lowest BCUT2D eigenvalue weighted by Crippen LogP contribution is -2.61. The molecule has 7 heteroatoms. The molecule has 2 aromatic carbocycles. The number of ether oxygens (including phenoxy) is 1. The number of hydrogen-bond donors (Lipinski definition) is 3. The predicted molar refractivity (Wildman–Crippen MR) is 132 cm³/mol. The van der Waals surface area contributed by atoms with Gasteiger partial charge in [-0.2, -0.15) is 0 Å². The van der Waals surface area contributed by atoms with Crippen molar-refractivity contribution in [2.45, 2.75) is 50.6 Å². The second-order valence-corrected chi connectivity index (χ2v) is 10.7. The topological polar surface area (TPSA) is 92.0 Å². The number of benzene rings is 2. The molecule has 2 aromatic rings. The maximum absolute atomic E-state index is 12.7. The smallest absolute Gasteiger partial charge is 0.315 e. The van der Waals surface area contributed by atoms with Crippen molar-refractivity contribution >= 4 is 17.7 Å². The summed E-state index contributed by atoms with van der Waals surface area (Å²) in [7, 11) is 0. The maximum atomic E-state index is 12.7. The standard InChI is InChI=1S/C27H33N5O2/c28-25-30-24-7-6-23(34-22-4-2-1-3-5-22)13-21(24)17-32(25)9-8-29-26(33)31-27-14-18-10-19(15-27)12-20(11-18)16-27/h1-7,13,18-20H,8-12,14-17H2,(H2,28,30)(H2,29,31,33). The average Bonchev–Trinajstić information content (AvgIpc) is 2.79. The summed E-state index contributed by atoms with van der Waals surface area (Å²) >= 11 is 0. The van der Waals surface area contributed by atoms with Crippen molar-refractivity contribution in [2.75, 3.05) is 13.1 Å². The molecule has 7 nitrogen and oxygen atoms in total. The lowest BCUT2D eigenvalue weighted by atomic mass is 9.53. The number of hydrogen-bond acceptors (Lipinski definition) is 5. The van der Waals surface area contributed by atoms with Crippen molar-refractivity contribution in [1.29, 1.82) is 0 Å². The van der Waals surface area contributed by atoms with E-state index in [4.69, 9.17) is 10.5 Å². The molecule has 1 heterocycles. The van der Waals surface area contributed by atoms with Gasteiger partial charge in [0.25, 0.3) is 0 Å². The van der Waals surface area contributed by atoms with E-state index in [1.165, 1.54) is 19.3 Å². The van der Waals surface area contributed by atoms with E-state index in [2.05, 4.69) is 15.6 Å². The normalized spacial score (nSPS) is 28.8. The lowest BCUT2D eigenvalue weighted by Gasteiger charge is -2.56. The molecule has 4 bridgehead atoms. The van der Waals surface area contributed by atoms with Gasteiger partial charge in [-0.15, -0.1) is 0 Å². The van der Waals surface area contributed by atoms with E-state index < -0.39 is 0 Å². The fraction of sp³-hybridized carbons (Fsp3) is 0.481. The van der Waals surface area contributed by atoms with Gasteiger partial charge >= 0.3 is 6.03 Å².